The van der Waals surface area contributed by atoms with Crippen LogP contribution in [0.4, 0.5) is 0 Å². The standard InChI is InChI=1S/C19H21ClO3/c1-19(23,13-3-2-4-18(21)22)16-9-5-14(6-10-16)15-7-11-17(20)12-8-15/h5-12,23H,2-4,13H2,1H3,(H,21,22). The van der Waals surface area contributed by atoms with Crippen molar-refractivity contribution in [1.29, 1.82) is 0 Å². The van der Waals surface area contributed by atoms with Crippen molar-refractivity contribution in [2.45, 2.75) is 38.2 Å². The van der Waals surface area contributed by atoms with Gasteiger partial charge < -0.3 is 10.2 Å². The second kappa shape index (κ2) is 7.62. The molecule has 0 aliphatic rings. The van der Waals surface area contributed by atoms with Crippen LogP contribution in [0.1, 0.15) is 38.2 Å². The second-order valence-electron chi connectivity index (χ2n) is 5.96. The minimum Gasteiger partial charge on any atom is -0.481 e. The monoisotopic (exact) mass is 332 g/mol. The third kappa shape index (κ3) is 5.08. The van der Waals surface area contributed by atoms with Crippen LogP contribution in [-0.2, 0) is 10.4 Å². The number of carboxylic acid groups (broad SMARTS) is 1. The molecule has 0 saturated carbocycles. The molecule has 2 N–H and O–H groups in total. The number of aliphatic hydroxyl groups is 1. The predicted octanol–water partition coefficient (Wildman–Crippen LogP) is 4.86. The molecule has 2 aromatic carbocycles. The highest BCUT2D eigenvalue weighted by molar-refractivity contribution is 6.30. The zero-order valence-corrected chi connectivity index (χ0v) is 13.9. The number of carboxylic acids is 1. The molecule has 4 heteroatoms. The van der Waals surface area contributed by atoms with Crippen LogP contribution in [0.3, 0.4) is 0 Å². The average Bonchev–Trinajstić information content (AvgIpc) is 2.52. The lowest BCUT2D eigenvalue weighted by Gasteiger charge is -2.24. The van der Waals surface area contributed by atoms with Crippen LogP contribution in [-0.4, -0.2) is 16.2 Å². The van der Waals surface area contributed by atoms with Gasteiger partial charge in [0.25, 0.3) is 0 Å². The minimum atomic E-state index is -0.947. The van der Waals surface area contributed by atoms with E-state index in [0.717, 1.165) is 16.7 Å². The van der Waals surface area contributed by atoms with Crippen molar-refractivity contribution in [1.82, 2.24) is 0 Å². The normalized spacial score (nSPS) is 13.5. The van der Waals surface area contributed by atoms with E-state index in [2.05, 4.69) is 0 Å². The summed E-state index contributed by atoms with van der Waals surface area (Å²) < 4.78 is 0. The van der Waals surface area contributed by atoms with Crippen LogP contribution in [0.25, 0.3) is 11.1 Å². The summed E-state index contributed by atoms with van der Waals surface area (Å²) in [6.45, 7) is 1.77. The first-order chi connectivity index (χ1) is 10.9. The highest BCUT2D eigenvalue weighted by Crippen LogP contribution is 2.29. The summed E-state index contributed by atoms with van der Waals surface area (Å²) in [5, 5.41) is 19.9. The van der Waals surface area contributed by atoms with Crippen molar-refractivity contribution >= 4 is 17.6 Å². The fourth-order valence-corrected chi connectivity index (χ4v) is 2.68. The van der Waals surface area contributed by atoms with E-state index in [-0.39, 0.29) is 6.42 Å². The Kier molecular flexibility index (Phi) is 5.80. The number of halogens is 1. The van der Waals surface area contributed by atoms with Crippen molar-refractivity contribution in [3.05, 3.63) is 59.1 Å². The van der Waals surface area contributed by atoms with E-state index in [1.54, 1.807) is 6.92 Å². The van der Waals surface area contributed by atoms with Gasteiger partial charge >= 0.3 is 5.97 Å². The van der Waals surface area contributed by atoms with Crippen molar-refractivity contribution in [2.24, 2.45) is 0 Å². The van der Waals surface area contributed by atoms with E-state index in [1.807, 2.05) is 48.5 Å². The minimum absolute atomic E-state index is 0.144. The third-order valence-electron chi connectivity index (χ3n) is 3.99. The Labute approximate surface area is 141 Å². The van der Waals surface area contributed by atoms with Gasteiger partial charge in [0.05, 0.1) is 5.60 Å². The largest absolute Gasteiger partial charge is 0.481 e. The molecular formula is C19H21ClO3. The van der Waals surface area contributed by atoms with Gasteiger partial charge in [-0.25, -0.2) is 0 Å². The third-order valence-corrected chi connectivity index (χ3v) is 4.24. The summed E-state index contributed by atoms with van der Waals surface area (Å²) in [4.78, 5) is 10.5. The Morgan fingerprint density at radius 2 is 1.52 bits per heavy atom. The van der Waals surface area contributed by atoms with Crippen LogP contribution < -0.4 is 0 Å². The lowest BCUT2D eigenvalue weighted by molar-refractivity contribution is -0.137. The fraction of sp³-hybridized carbons (Fsp3) is 0.316. The van der Waals surface area contributed by atoms with Gasteiger partial charge in [0, 0.05) is 11.4 Å². The summed E-state index contributed by atoms with van der Waals surface area (Å²) in [5.74, 6) is -0.794. The first-order valence-electron chi connectivity index (χ1n) is 7.69. The zero-order valence-electron chi connectivity index (χ0n) is 13.1. The van der Waals surface area contributed by atoms with E-state index in [9.17, 15) is 9.90 Å². The molecular weight excluding hydrogens is 312 g/mol. The van der Waals surface area contributed by atoms with Crippen molar-refractivity contribution in [3.63, 3.8) is 0 Å². The van der Waals surface area contributed by atoms with Crippen molar-refractivity contribution < 1.29 is 15.0 Å². The number of rotatable bonds is 7. The maximum Gasteiger partial charge on any atom is 0.303 e. The molecule has 0 aromatic heterocycles. The smallest absolute Gasteiger partial charge is 0.303 e. The van der Waals surface area contributed by atoms with Gasteiger partial charge in [-0.2, -0.15) is 0 Å². The molecule has 0 spiro atoms. The first kappa shape index (κ1) is 17.5. The Bertz CT molecular complexity index is 645. The van der Waals surface area contributed by atoms with Crippen LogP contribution in [0, 0.1) is 0 Å². The molecule has 0 aliphatic carbocycles. The molecule has 0 radical (unpaired) electrons. The van der Waals surface area contributed by atoms with Crippen molar-refractivity contribution in [2.75, 3.05) is 0 Å². The highest BCUT2D eigenvalue weighted by atomic mass is 35.5. The summed E-state index contributed by atoms with van der Waals surface area (Å²) in [5.41, 5.74) is 2.02. The molecule has 122 valence electrons. The first-order valence-corrected chi connectivity index (χ1v) is 8.07. The molecule has 1 atom stereocenters. The summed E-state index contributed by atoms with van der Waals surface area (Å²) in [7, 11) is 0. The van der Waals surface area contributed by atoms with Gasteiger partial charge in [0.1, 0.15) is 0 Å². The Morgan fingerprint density at radius 3 is 2.04 bits per heavy atom. The molecule has 0 fully saturated rings. The Hall–Kier alpha value is -1.84. The lowest BCUT2D eigenvalue weighted by Crippen LogP contribution is -2.20. The summed E-state index contributed by atoms with van der Waals surface area (Å²) in [6.07, 6.45) is 1.94. The maximum absolute atomic E-state index is 10.6. The summed E-state index contributed by atoms with van der Waals surface area (Å²) >= 11 is 5.89. The molecule has 2 aromatic rings. The topological polar surface area (TPSA) is 57.5 Å². The van der Waals surface area contributed by atoms with Gasteiger partial charge in [-0.15, -0.1) is 0 Å². The summed E-state index contributed by atoms with van der Waals surface area (Å²) in [6, 6.07) is 15.4. The van der Waals surface area contributed by atoms with Crippen molar-refractivity contribution in [3.8, 4) is 11.1 Å². The van der Waals surface area contributed by atoms with Gasteiger partial charge in [0.15, 0.2) is 0 Å². The SMILES string of the molecule is CC(O)(CCCCC(=O)O)c1ccc(-c2ccc(Cl)cc2)cc1. The molecule has 0 saturated heterocycles. The fourth-order valence-electron chi connectivity index (χ4n) is 2.55. The van der Waals surface area contributed by atoms with Crippen LogP contribution in [0.2, 0.25) is 5.02 Å². The average molecular weight is 333 g/mol. The molecule has 0 aliphatic heterocycles. The molecule has 23 heavy (non-hydrogen) atoms. The highest BCUT2D eigenvalue weighted by Gasteiger charge is 2.22. The maximum atomic E-state index is 10.6. The number of aliphatic carboxylic acids is 1. The van der Waals surface area contributed by atoms with E-state index >= 15 is 0 Å². The number of hydrogen-bond donors (Lipinski definition) is 2. The van der Waals surface area contributed by atoms with Gasteiger partial charge in [-0.1, -0.05) is 48.0 Å². The number of carbonyl (C=O) groups is 1. The number of hydrogen-bond acceptors (Lipinski definition) is 2. The quantitative estimate of drug-likeness (QED) is 0.712. The Balaban J connectivity index is 2.02. The van der Waals surface area contributed by atoms with Gasteiger partial charge in [-0.3, -0.25) is 4.79 Å². The number of benzene rings is 2. The zero-order chi connectivity index (χ0) is 16.9. The van der Waals surface area contributed by atoms with E-state index in [0.29, 0.717) is 24.3 Å². The van der Waals surface area contributed by atoms with Crippen LogP contribution in [0.5, 0.6) is 0 Å². The van der Waals surface area contributed by atoms with Gasteiger partial charge in [0.2, 0.25) is 0 Å². The van der Waals surface area contributed by atoms with E-state index in [1.165, 1.54) is 0 Å². The molecule has 0 amide bonds. The van der Waals surface area contributed by atoms with E-state index < -0.39 is 11.6 Å². The number of unbranched alkanes of at least 4 members (excludes halogenated alkanes) is 1. The molecule has 3 nitrogen and oxygen atoms in total. The van der Waals surface area contributed by atoms with Gasteiger partial charge in [-0.05, 0) is 55.0 Å². The van der Waals surface area contributed by atoms with Crippen LogP contribution in [0.15, 0.2) is 48.5 Å². The Morgan fingerprint density at radius 1 is 1.00 bits per heavy atom. The molecule has 1 unspecified atom stereocenters. The molecule has 0 bridgehead atoms. The lowest BCUT2D eigenvalue weighted by atomic mass is 9.89. The second-order valence-corrected chi connectivity index (χ2v) is 6.40. The molecule has 2 rings (SSSR count). The van der Waals surface area contributed by atoms with E-state index in [4.69, 9.17) is 16.7 Å². The predicted molar refractivity (Wildman–Crippen MR) is 92.6 cm³/mol. The van der Waals surface area contributed by atoms with Crippen LogP contribution >= 0.6 is 11.6 Å². The molecule has 0 heterocycles.